The van der Waals surface area contributed by atoms with Crippen molar-refractivity contribution in [3.05, 3.63) is 23.7 Å². The standard InChI is InChI=1S/C15H24N4O3/c1-3-21-10-11-6-7-19(9-11)15(17-2)18-8-12-4-5-13(22-12)14(16)20/h4-5,11H,3,6-10H2,1-2H3,(H2,16,20)(H,17,18). The molecular formula is C15H24N4O3. The predicted octanol–water partition coefficient (Wildman–Crippen LogP) is 0.812. The molecule has 1 amide bonds. The van der Waals surface area contributed by atoms with E-state index in [1.54, 1.807) is 19.2 Å². The Morgan fingerprint density at radius 3 is 3.05 bits per heavy atom. The minimum absolute atomic E-state index is 0.171. The first kappa shape index (κ1) is 16.4. The Morgan fingerprint density at radius 2 is 2.41 bits per heavy atom. The zero-order valence-electron chi connectivity index (χ0n) is 13.2. The highest BCUT2D eigenvalue weighted by Crippen LogP contribution is 2.17. The SMILES string of the molecule is CCOCC1CCN(C(=NC)NCc2ccc(C(N)=O)o2)C1. The Hall–Kier alpha value is -2.02. The lowest BCUT2D eigenvalue weighted by Gasteiger charge is -2.21. The molecule has 1 saturated heterocycles. The van der Waals surface area contributed by atoms with Gasteiger partial charge in [-0.15, -0.1) is 0 Å². The Balaban J connectivity index is 1.83. The average molecular weight is 308 g/mol. The number of hydrogen-bond acceptors (Lipinski definition) is 4. The third-order valence-corrected chi connectivity index (χ3v) is 3.68. The molecule has 1 atom stereocenters. The van der Waals surface area contributed by atoms with Crippen molar-refractivity contribution < 1.29 is 13.9 Å². The normalized spacial score (nSPS) is 18.7. The molecule has 1 aromatic heterocycles. The molecular weight excluding hydrogens is 284 g/mol. The van der Waals surface area contributed by atoms with Gasteiger partial charge in [0.1, 0.15) is 5.76 Å². The molecule has 0 aromatic carbocycles. The van der Waals surface area contributed by atoms with E-state index in [1.165, 1.54) is 0 Å². The lowest BCUT2D eigenvalue weighted by Crippen LogP contribution is -2.39. The second kappa shape index (κ2) is 7.84. The summed E-state index contributed by atoms with van der Waals surface area (Å²) in [6, 6.07) is 3.32. The van der Waals surface area contributed by atoms with E-state index in [-0.39, 0.29) is 5.76 Å². The quantitative estimate of drug-likeness (QED) is 0.599. The van der Waals surface area contributed by atoms with Gasteiger partial charge in [0, 0.05) is 32.7 Å². The largest absolute Gasteiger partial charge is 0.454 e. The Kier molecular flexibility index (Phi) is 5.83. The van der Waals surface area contributed by atoms with Crippen molar-refractivity contribution in [1.82, 2.24) is 10.2 Å². The number of furan rings is 1. The third-order valence-electron chi connectivity index (χ3n) is 3.68. The minimum atomic E-state index is -0.561. The molecule has 0 bridgehead atoms. The number of carbonyl (C=O) groups excluding carboxylic acids is 1. The summed E-state index contributed by atoms with van der Waals surface area (Å²) in [6.07, 6.45) is 1.10. The van der Waals surface area contributed by atoms with Crippen LogP contribution in [-0.2, 0) is 11.3 Å². The van der Waals surface area contributed by atoms with Gasteiger partial charge >= 0.3 is 0 Å². The summed E-state index contributed by atoms with van der Waals surface area (Å²) in [4.78, 5) is 17.5. The predicted molar refractivity (Wildman–Crippen MR) is 83.6 cm³/mol. The summed E-state index contributed by atoms with van der Waals surface area (Å²) in [6.45, 7) is 5.92. The van der Waals surface area contributed by atoms with E-state index in [9.17, 15) is 4.79 Å². The fourth-order valence-electron chi connectivity index (χ4n) is 2.55. The maximum atomic E-state index is 11.0. The molecule has 22 heavy (non-hydrogen) atoms. The first-order chi connectivity index (χ1) is 10.6. The van der Waals surface area contributed by atoms with Crippen LogP contribution in [0.1, 0.15) is 29.7 Å². The molecule has 1 aliphatic rings. The summed E-state index contributed by atoms with van der Waals surface area (Å²) in [5, 5.41) is 3.25. The number of amides is 1. The van der Waals surface area contributed by atoms with Gasteiger partial charge in [0.2, 0.25) is 0 Å². The number of carbonyl (C=O) groups is 1. The molecule has 1 unspecified atom stereocenters. The maximum absolute atomic E-state index is 11.0. The Morgan fingerprint density at radius 1 is 1.59 bits per heavy atom. The van der Waals surface area contributed by atoms with Gasteiger partial charge in [0.25, 0.3) is 5.91 Å². The molecule has 0 saturated carbocycles. The highest BCUT2D eigenvalue weighted by molar-refractivity contribution is 5.89. The lowest BCUT2D eigenvalue weighted by atomic mass is 10.1. The topological polar surface area (TPSA) is 93.1 Å². The number of rotatable bonds is 6. The Labute approximate surface area is 130 Å². The molecule has 0 spiro atoms. The smallest absolute Gasteiger partial charge is 0.284 e. The van der Waals surface area contributed by atoms with Crippen LogP contribution in [-0.4, -0.2) is 50.1 Å². The first-order valence-corrected chi connectivity index (χ1v) is 7.55. The molecule has 7 heteroatoms. The number of nitrogens with two attached hydrogens (primary N) is 1. The molecule has 2 rings (SSSR count). The van der Waals surface area contributed by atoms with Crippen LogP contribution in [0.15, 0.2) is 21.5 Å². The molecule has 3 N–H and O–H groups in total. The summed E-state index contributed by atoms with van der Waals surface area (Å²) in [5.41, 5.74) is 5.17. The van der Waals surface area contributed by atoms with E-state index < -0.39 is 5.91 Å². The van der Waals surface area contributed by atoms with Gasteiger partial charge in [-0.3, -0.25) is 9.79 Å². The van der Waals surface area contributed by atoms with E-state index in [1.807, 2.05) is 6.92 Å². The van der Waals surface area contributed by atoms with Crippen molar-refractivity contribution in [3.63, 3.8) is 0 Å². The van der Waals surface area contributed by atoms with Crippen LogP contribution >= 0.6 is 0 Å². The molecule has 7 nitrogen and oxygen atoms in total. The van der Waals surface area contributed by atoms with Gasteiger partial charge in [-0.2, -0.15) is 0 Å². The van der Waals surface area contributed by atoms with Crippen molar-refractivity contribution in [1.29, 1.82) is 0 Å². The fraction of sp³-hybridized carbons (Fsp3) is 0.600. The van der Waals surface area contributed by atoms with Crippen LogP contribution in [0.4, 0.5) is 0 Å². The molecule has 1 fully saturated rings. The highest BCUT2D eigenvalue weighted by atomic mass is 16.5. The van der Waals surface area contributed by atoms with Crippen LogP contribution in [0.5, 0.6) is 0 Å². The van der Waals surface area contributed by atoms with Crippen molar-refractivity contribution in [2.24, 2.45) is 16.6 Å². The second-order valence-electron chi connectivity index (χ2n) is 5.29. The number of nitrogens with zero attached hydrogens (tertiary/aromatic N) is 2. The fourth-order valence-corrected chi connectivity index (χ4v) is 2.55. The monoisotopic (exact) mass is 308 g/mol. The first-order valence-electron chi connectivity index (χ1n) is 7.55. The molecule has 0 radical (unpaired) electrons. The zero-order chi connectivity index (χ0) is 15.9. The van der Waals surface area contributed by atoms with E-state index in [4.69, 9.17) is 14.9 Å². The number of ether oxygens (including phenoxy) is 1. The summed E-state index contributed by atoms with van der Waals surface area (Å²) >= 11 is 0. The van der Waals surface area contributed by atoms with Crippen LogP contribution in [0, 0.1) is 5.92 Å². The highest BCUT2D eigenvalue weighted by Gasteiger charge is 2.24. The van der Waals surface area contributed by atoms with Crippen LogP contribution in [0.2, 0.25) is 0 Å². The molecule has 0 aliphatic carbocycles. The third kappa shape index (κ3) is 4.24. The minimum Gasteiger partial charge on any atom is -0.454 e. The van der Waals surface area contributed by atoms with Gasteiger partial charge in [-0.05, 0) is 25.5 Å². The van der Waals surface area contributed by atoms with E-state index in [0.717, 1.165) is 38.7 Å². The number of aliphatic imine (C=N–C) groups is 1. The van der Waals surface area contributed by atoms with Crippen molar-refractivity contribution in [3.8, 4) is 0 Å². The van der Waals surface area contributed by atoms with Crippen LogP contribution < -0.4 is 11.1 Å². The number of likely N-dealkylation sites (tertiary alicyclic amines) is 1. The van der Waals surface area contributed by atoms with Crippen LogP contribution in [0.3, 0.4) is 0 Å². The van der Waals surface area contributed by atoms with Gasteiger partial charge in [-0.25, -0.2) is 0 Å². The van der Waals surface area contributed by atoms with Gasteiger partial charge in [0.15, 0.2) is 11.7 Å². The molecule has 1 aromatic rings. The molecule has 2 heterocycles. The number of primary amides is 1. The van der Waals surface area contributed by atoms with Gasteiger partial charge in [0.05, 0.1) is 13.2 Å². The lowest BCUT2D eigenvalue weighted by molar-refractivity contribution is 0.0972. The summed E-state index contributed by atoms with van der Waals surface area (Å²) < 4.78 is 10.8. The number of guanidine groups is 1. The second-order valence-corrected chi connectivity index (χ2v) is 5.29. The Bertz CT molecular complexity index is 527. The number of nitrogens with one attached hydrogen (secondary N) is 1. The maximum Gasteiger partial charge on any atom is 0.284 e. The number of hydrogen-bond donors (Lipinski definition) is 2. The van der Waals surface area contributed by atoms with Gasteiger partial charge < -0.3 is 25.1 Å². The molecule has 122 valence electrons. The zero-order valence-corrected chi connectivity index (χ0v) is 13.2. The average Bonchev–Trinajstić information content (AvgIpc) is 3.15. The van der Waals surface area contributed by atoms with E-state index >= 15 is 0 Å². The van der Waals surface area contributed by atoms with Crippen molar-refractivity contribution in [2.75, 3.05) is 33.4 Å². The summed E-state index contributed by atoms with van der Waals surface area (Å²) in [5.74, 6) is 1.64. The van der Waals surface area contributed by atoms with Crippen LogP contribution in [0.25, 0.3) is 0 Å². The van der Waals surface area contributed by atoms with Gasteiger partial charge in [-0.1, -0.05) is 0 Å². The van der Waals surface area contributed by atoms with Crippen molar-refractivity contribution >= 4 is 11.9 Å². The molecule has 1 aliphatic heterocycles. The summed E-state index contributed by atoms with van der Waals surface area (Å²) in [7, 11) is 1.76. The van der Waals surface area contributed by atoms with E-state index in [0.29, 0.717) is 18.2 Å². The van der Waals surface area contributed by atoms with Crippen molar-refractivity contribution in [2.45, 2.75) is 19.9 Å². The van der Waals surface area contributed by atoms with E-state index in [2.05, 4.69) is 15.2 Å².